The van der Waals surface area contributed by atoms with E-state index in [-0.39, 0.29) is 29.9 Å². The van der Waals surface area contributed by atoms with E-state index in [1.165, 1.54) is 24.3 Å². The third-order valence-corrected chi connectivity index (χ3v) is 5.47. The summed E-state index contributed by atoms with van der Waals surface area (Å²) < 4.78 is 5.36. The van der Waals surface area contributed by atoms with Gasteiger partial charge < -0.3 is 20.3 Å². The number of non-ortho nitro benzene ring substituents is 1. The molecule has 0 atom stereocenters. The van der Waals surface area contributed by atoms with Crippen molar-refractivity contribution < 1.29 is 19.2 Å². The lowest BCUT2D eigenvalue weighted by molar-refractivity contribution is -0.384. The molecule has 2 fully saturated rings. The fraction of sp³-hybridized carbons (Fsp3) is 0.556. The molecule has 1 aromatic rings. The van der Waals surface area contributed by atoms with Crippen LogP contribution in [0.4, 0.5) is 5.69 Å². The zero-order valence-corrected chi connectivity index (χ0v) is 16.4. The first-order chi connectivity index (χ1) is 13.0. The molecule has 2 heterocycles. The Morgan fingerprint density at radius 2 is 1.61 bits per heavy atom. The van der Waals surface area contributed by atoms with Crippen molar-refractivity contribution in [1.82, 2.24) is 9.80 Å². The molecule has 1 aromatic carbocycles. The van der Waals surface area contributed by atoms with Gasteiger partial charge in [-0.05, 0) is 25.0 Å². The average molecular weight is 413 g/mol. The molecule has 3 rings (SSSR count). The van der Waals surface area contributed by atoms with Gasteiger partial charge in [0.25, 0.3) is 11.6 Å². The Morgan fingerprint density at radius 3 is 2.11 bits per heavy atom. The van der Waals surface area contributed by atoms with Crippen LogP contribution in [-0.2, 0) is 9.53 Å². The number of rotatable bonds is 4. The molecule has 0 saturated carbocycles. The molecule has 2 saturated heterocycles. The van der Waals surface area contributed by atoms with E-state index < -0.39 is 10.3 Å². The van der Waals surface area contributed by atoms with Crippen molar-refractivity contribution >= 4 is 29.9 Å². The lowest BCUT2D eigenvalue weighted by atomic mass is 9.78. The van der Waals surface area contributed by atoms with Gasteiger partial charge in [0.05, 0.1) is 10.3 Å². The van der Waals surface area contributed by atoms with Crippen molar-refractivity contribution in [2.24, 2.45) is 11.1 Å². The first kappa shape index (κ1) is 22.1. The largest absolute Gasteiger partial charge is 0.381 e. The number of ether oxygens (including phenoxy) is 1. The molecule has 2 amide bonds. The molecule has 0 aromatic heterocycles. The van der Waals surface area contributed by atoms with Crippen LogP contribution in [0.5, 0.6) is 0 Å². The third-order valence-electron chi connectivity index (χ3n) is 5.47. The zero-order chi connectivity index (χ0) is 19.4. The van der Waals surface area contributed by atoms with Crippen LogP contribution in [-0.4, -0.2) is 72.5 Å². The molecule has 0 aliphatic carbocycles. The Labute approximate surface area is 169 Å². The number of hydrogen-bond donors (Lipinski definition) is 1. The minimum absolute atomic E-state index is 0. The third kappa shape index (κ3) is 4.43. The second kappa shape index (κ2) is 9.31. The Hall–Kier alpha value is -2.23. The summed E-state index contributed by atoms with van der Waals surface area (Å²) in [5.41, 5.74) is 5.72. The summed E-state index contributed by atoms with van der Waals surface area (Å²) in [6.45, 7) is 3.16. The average Bonchev–Trinajstić information content (AvgIpc) is 2.73. The van der Waals surface area contributed by atoms with Gasteiger partial charge in [0.1, 0.15) is 0 Å². The molecule has 2 N–H and O–H groups in total. The van der Waals surface area contributed by atoms with Gasteiger partial charge in [0.15, 0.2) is 0 Å². The highest BCUT2D eigenvalue weighted by Crippen LogP contribution is 2.32. The molecule has 9 nitrogen and oxygen atoms in total. The summed E-state index contributed by atoms with van der Waals surface area (Å²) in [6.07, 6.45) is 1.26. The van der Waals surface area contributed by atoms with Crippen LogP contribution >= 0.6 is 12.4 Å². The molecule has 0 radical (unpaired) electrons. The molecule has 28 heavy (non-hydrogen) atoms. The number of hydrogen-bond acceptors (Lipinski definition) is 6. The SMILES string of the molecule is Cl.NCC1(C(=O)N2CCN(C(=O)c3ccc([N+](=O)[O-])cc3)CC2)CCOCC1. The lowest BCUT2D eigenvalue weighted by Gasteiger charge is -2.42. The van der Waals surface area contributed by atoms with E-state index in [9.17, 15) is 19.7 Å². The Kier molecular flexibility index (Phi) is 7.34. The van der Waals surface area contributed by atoms with E-state index in [2.05, 4.69) is 0 Å². The summed E-state index contributed by atoms with van der Waals surface area (Å²) in [4.78, 5) is 39.3. The second-order valence-corrected chi connectivity index (χ2v) is 6.99. The molecule has 0 unspecified atom stereocenters. The summed E-state index contributed by atoms with van der Waals surface area (Å²) in [5.74, 6) is -0.132. The van der Waals surface area contributed by atoms with Gasteiger partial charge in [-0.1, -0.05) is 0 Å². The van der Waals surface area contributed by atoms with Crippen molar-refractivity contribution in [3.63, 3.8) is 0 Å². The number of nitro benzene ring substituents is 1. The first-order valence-corrected chi connectivity index (χ1v) is 9.08. The predicted octanol–water partition coefficient (Wildman–Crippen LogP) is 1.06. The van der Waals surface area contributed by atoms with Gasteiger partial charge in [-0.25, -0.2) is 0 Å². The van der Waals surface area contributed by atoms with E-state index in [1.54, 1.807) is 9.80 Å². The first-order valence-electron chi connectivity index (χ1n) is 9.08. The van der Waals surface area contributed by atoms with Gasteiger partial charge in [-0.15, -0.1) is 12.4 Å². The summed E-state index contributed by atoms with van der Waals surface area (Å²) >= 11 is 0. The monoisotopic (exact) mass is 412 g/mol. The van der Waals surface area contributed by atoms with Gasteiger partial charge in [-0.3, -0.25) is 19.7 Å². The quantitative estimate of drug-likeness (QED) is 0.583. The molecule has 10 heteroatoms. The number of nitro groups is 1. The Bertz CT molecular complexity index is 713. The van der Waals surface area contributed by atoms with E-state index in [4.69, 9.17) is 10.5 Å². The molecule has 0 bridgehead atoms. The second-order valence-electron chi connectivity index (χ2n) is 6.99. The fourth-order valence-electron chi connectivity index (χ4n) is 3.62. The maximum atomic E-state index is 13.0. The highest BCUT2D eigenvalue weighted by Gasteiger charge is 2.42. The van der Waals surface area contributed by atoms with E-state index in [0.717, 1.165) is 0 Å². The minimum Gasteiger partial charge on any atom is -0.381 e. The van der Waals surface area contributed by atoms with Crippen molar-refractivity contribution in [2.45, 2.75) is 12.8 Å². The molecule has 154 valence electrons. The predicted molar refractivity (Wildman–Crippen MR) is 104 cm³/mol. The summed E-state index contributed by atoms with van der Waals surface area (Å²) in [7, 11) is 0. The highest BCUT2D eigenvalue weighted by atomic mass is 35.5. The van der Waals surface area contributed by atoms with Crippen LogP contribution in [0.15, 0.2) is 24.3 Å². The number of piperazine rings is 1. The standard InChI is InChI=1S/C18H24N4O5.ClH/c19-13-18(5-11-27-12-6-18)17(24)21-9-7-20(8-10-21)16(23)14-1-3-15(4-2-14)22(25)26;/h1-4H,5-13,19H2;1H. The van der Waals surface area contributed by atoms with Gasteiger partial charge >= 0.3 is 0 Å². The number of nitrogens with zero attached hydrogens (tertiary/aromatic N) is 3. The van der Waals surface area contributed by atoms with Crippen LogP contribution in [0, 0.1) is 15.5 Å². The highest BCUT2D eigenvalue weighted by molar-refractivity contribution is 5.94. The van der Waals surface area contributed by atoms with E-state index >= 15 is 0 Å². The Balaban J connectivity index is 0.00000280. The minimum atomic E-state index is -0.553. The van der Waals surface area contributed by atoms with Gasteiger partial charge in [-0.2, -0.15) is 0 Å². The number of benzene rings is 1. The normalized spacial score (nSPS) is 18.9. The van der Waals surface area contributed by atoms with Gasteiger partial charge in [0.2, 0.25) is 5.91 Å². The van der Waals surface area contributed by atoms with Crippen molar-refractivity contribution in [3.05, 3.63) is 39.9 Å². The number of carbonyl (C=O) groups excluding carboxylic acids is 2. The van der Waals surface area contributed by atoms with Crippen LogP contribution < -0.4 is 5.73 Å². The van der Waals surface area contributed by atoms with E-state index in [1.807, 2.05) is 0 Å². The summed E-state index contributed by atoms with van der Waals surface area (Å²) in [6, 6.07) is 5.57. The molecule has 0 spiro atoms. The van der Waals surface area contributed by atoms with Gasteiger partial charge in [0, 0.05) is 63.6 Å². The lowest BCUT2D eigenvalue weighted by Crippen LogP contribution is -2.57. The molecule has 2 aliphatic rings. The number of amides is 2. The maximum Gasteiger partial charge on any atom is 0.269 e. The maximum absolute atomic E-state index is 13.0. The number of halogens is 1. The van der Waals surface area contributed by atoms with Crippen LogP contribution in [0.25, 0.3) is 0 Å². The van der Waals surface area contributed by atoms with Crippen LogP contribution in [0.1, 0.15) is 23.2 Å². The Morgan fingerprint density at radius 1 is 1.07 bits per heavy atom. The fourth-order valence-corrected chi connectivity index (χ4v) is 3.62. The van der Waals surface area contributed by atoms with Crippen molar-refractivity contribution in [3.8, 4) is 0 Å². The number of nitrogens with two attached hydrogens (primary N) is 1. The molecule has 2 aliphatic heterocycles. The summed E-state index contributed by atoms with van der Waals surface area (Å²) in [5, 5.41) is 10.7. The number of carbonyl (C=O) groups is 2. The topological polar surface area (TPSA) is 119 Å². The van der Waals surface area contributed by atoms with Crippen LogP contribution in [0.3, 0.4) is 0 Å². The van der Waals surface area contributed by atoms with Crippen molar-refractivity contribution in [2.75, 3.05) is 45.9 Å². The zero-order valence-electron chi connectivity index (χ0n) is 15.5. The van der Waals surface area contributed by atoms with Crippen molar-refractivity contribution in [1.29, 1.82) is 0 Å². The van der Waals surface area contributed by atoms with E-state index in [0.29, 0.717) is 64.3 Å². The molecular formula is C18H25ClN4O5. The smallest absolute Gasteiger partial charge is 0.269 e. The van der Waals surface area contributed by atoms with Crippen LogP contribution in [0.2, 0.25) is 0 Å². The molecular weight excluding hydrogens is 388 g/mol.